The van der Waals surface area contributed by atoms with Crippen LogP contribution in [-0.2, 0) is 9.47 Å². The number of H-pyrrole nitrogens is 1. The Morgan fingerprint density at radius 1 is 1.50 bits per heavy atom. The molecule has 0 spiro atoms. The van der Waals surface area contributed by atoms with Crippen LogP contribution < -0.4 is 5.56 Å². The zero-order chi connectivity index (χ0) is 11.5. The Bertz CT molecular complexity index is 408. The van der Waals surface area contributed by atoms with Gasteiger partial charge in [-0.05, 0) is 5.92 Å². The standard InChI is InChI=1S/C11H16N2O3/c1-7(2)8-5-10(14)13-11(12-8)9-6-15-3-4-16-9/h5,7,9H,3-4,6H2,1-2H3,(H,12,13,14). The zero-order valence-electron chi connectivity index (χ0n) is 9.53. The van der Waals surface area contributed by atoms with E-state index in [2.05, 4.69) is 9.97 Å². The lowest BCUT2D eigenvalue weighted by atomic mass is 10.1. The summed E-state index contributed by atoms with van der Waals surface area (Å²) in [6.07, 6.45) is -0.250. The molecule has 16 heavy (non-hydrogen) atoms. The molecule has 1 aliphatic heterocycles. The number of aromatic nitrogens is 2. The quantitative estimate of drug-likeness (QED) is 0.813. The molecule has 0 saturated carbocycles. The monoisotopic (exact) mass is 224 g/mol. The minimum Gasteiger partial charge on any atom is -0.376 e. The highest BCUT2D eigenvalue weighted by Gasteiger charge is 2.19. The van der Waals surface area contributed by atoms with Crippen LogP contribution in [0.25, 0.3) is 0 Å². The molecule has 5 heteroatoms. The zero-order valence-corrected chi connectivity index (χ0v) is 9.53. The predicted octanol–water partition coefficient (Wildman–Crippen LogP) is 0.981. The van der Waals surface area contributed by atoms with Crippen molar-refractivity contribution in [1.29, 1.82) is 0 Å². The van der Waals surface area contributed by atoms with Crippen LogP contribution >= 0.6 is 0 Å². The lowest BCUT2D eigenvalue weighted by Crippen LogP contribution is -2.26. The molecule has 1 atom stereocenters. The summed E-state index contributed by atoms with van der Waals surface area (Å²) in [6, 6.07) is 1.53. The van der Waals surface area contributed by atoms with Gasteiger partial charge >= 0.3 is 0 Å². The maximum atomic E-state index is 11.5. The van der Waals surface area contributed by atoms with Crippen molar-refractivity contribution in [1.82, 2.24) is 9.97 Å². The summed E-state index contributed by atoms with van der Waals surface area (Å²) in [7, 11) is 0. The summed E-state index contributed by atoms with van der Waals surface area (Å²) < 4.78 is 10.8. The second kappa shape index (κ2) is 4.76. The molecule has 2 rings (SSSR count). The summed E-state index contributed by atoms with van der Waals surface area (Å²) in [5.74, 6) is 0.793. The highest BCUT2D eigenvalue weighted by atomic mass is 16.6. The fraction of sp³-hybridized carbons (Fsp3) is 0.636. The van der Waals surface area contributed by atoms with Crippen LogP contribution in [0, 0.1) is 0 Å². The molecule has 0 amide bonds. The number of nitrogens with zero attached hydrogens (tertiary/aromatic N) is 1. The highest BCUT2D eigenvalue weighted by Crippen LogP contribution is 2.18. The first-order valence-electron chi connectivity index (χ1n) is 5.47. The van der Waals surface area contributed by atoms with E-state index in [9.17, 15) is 4.79 Å². The van der Waals surface area contributed by atoms with Crippen molar-refractivity contribution in [2.24, 2.45) is 0 Å². The van der Waals surface area contributed by atoms with Crippen molar-refractivity contribution < 1.29 is 9.47 Å². The van der Waals surface area contributed by atoms with Crippen molar-refractivity contribution in [2.75, 3.05) is 19.8 Å². The Morgan fingerprint density at radius 3 is 2.94 bits per heavy atom. The van der Waals surface area contributed by atoms with Gasteiger partial charge < -0.3 is 14.5 Å². The molecule has 2 heterocycles. The first kappa shape index (κ1) is 11.3. The van der Waals surface area contributed by atoms with Crippen molar-refractivity contribution in [2.45, 2.75) is 25.9 Å². The number of hydrogen-bond acceptors (Lipinski definition) is 4. The molecule has 1 unspecified atom stereocenters. The van der Waals surface area contributed by atoms with Gasteiger partial charge in [0.05, 0.1) is 25.5 Å². The highest BCUT2D eigenvalue weighted by molar-refractivity contribution is 5.08. The predicted molar refractivity (Wildman–Crippen MR) is 58.5 cm³/mol. The van der Waals surface area contributed by atoms with E-state index in [0.29, 0.717) is 25.6 Å². The third kappa shape index (κ3) is 2.48. The lowest BCUT2D eigenvalue weighted by molar-refractivity contribution is -0.0936. The van der Waals surface area contributed by atoms with Gasteiger partial charge in [0.2, 0.25) is 0 Å². The van der Waals surface area contributed by atoms with Crippen molar-refractivity contribution >= 4 is 0 Å². The van der Waals surface area contributed by atoms with E-state index in [0.717, 1.165) is 5.69 Å². The minimum atomic E-state index is -0.250. The number of aromatic amines is 1. The van der Waals surface area contributed by atoms with E-state index in [-0.39, 0.29) is 17.6 Å². The van der Waals surface area contributed by atoms with Gasteiger partial charge in [-0.3, -0.25) is 4.79 Å². The molecule has 0 radical (unpaired) electrons. The van der Waals surface area contributed by atoms with Gasteiger partial charge in [0.1, 0.15) is 11.9 Å². The third-order valence-corrected chi connectivity index (χ3v) is 2.49. The number of rotatable bonds is 2. The summed E-state index contributed by atoms with van der Waals surface area (Å²) >= 11 is 0. The van der Waals surface area contributed by atoms with Crippen molar-refractivity contribution in [3.63, 3.8) is 0 Å². The first-order valence-corrected chi connectivity index (χ1v) is 5.47. The normalized spacial score (nSPS) is 21.3. The summed E-state index contributed by atoms with van der Waals surface area (Å²) in [5, 5.41) is 0. The smallest absolute Gasteiger partial charge is 0.251 e. The number of hydrogen-bond donors (Lipinski definition) is 1. The summed E-state index contributed by atoms with van der Waals surface area (Å²) in [4.78, 5) is 18.6. The number of nitrogens with one attached hydrogen (secondary N) is 1. The van der Waals surface area contributed by atoms with Crippen molar-refractivity contribution in [3.8, 4) is 0 Å². The van der Waals surface area contributed by atoms with Crippen LogP contribution in [0.5, 0.6) is 0 Å². The Balaban J connectivity index is 2.29. The van der Waals surface area contributed by atoms with Gasteiger partial charge in [-0.2, -0.15) is 0 Å². The van der Waals surface area contributed by atoms with E-state index < -0.39 is 0 Å². The Morgan fingerprint density at radius 2 is 2.31 bits per heavy atom. The summed E-state index contributed by atoms with van der Waals surface area (Å²) in [6.45, 7) is 5.60. The third-order valence-electron chi connectivity index (χ3n) is 2.49. The molecule has 0 bridgehead atoms. The van der Waals surface area contributed by atoms with E-state index >= 15 is 0 Å². The topological polar surface area (TPSA) is 64.2 Å². The molecule has 5 nitrogen and oxygen atoms in total. The van der Waals surface area contributed by atoms with Crippen LogP contribution in [0.2, 0.25) is 0 Å². The van der Waals surface area contributed by atoms with Crippen molar-refractivity contribution in [3.05, 3.63) is 27.9 Å². The van der Waals surface area contributed by atoms with Gasteiger partial charge in [0.15, 0.2) is 0 Å². The van der Waals surface area contributed by atoms with Crippen LogP contribution in [0.1, 0.15) is 37.4 Å². The van der Waals surface area contributed by atoms with E-state index in [4.69, 9.17) is 9.47 Å². The Kier molecular flexibility index (Phi) is 3.36. The average Bonchev–Trinajstić information content (AvgIpc) is 2.29. The second-order valence-electron chi connectivity index (χ2n) is 4.14. The van der Waals surface area contributed by atoms with Gasteiger partial charge in [-0.1, -0.05) is 13.8 Å². The molecule has 1 aromatic rings. The van der Waals surface area contributed by atoms with Crippen LogP contribution in [0.4, 0.5) is 0 Å². The molecule has 1 N–H and O–H groups in total. The molecular formula is C11H16N2O3. The van der Waals surface area contributed by atoms with Gasteiger partial charge in [-0.15, -0.1) is 0 Å². The Hall–Kier alpha value is -1.20. The fourth-order valence-electron chi connectivity index (χ4n) is 1.59. The van der Waals surface area contributed by atoms with Crippen LogP contribution in [-0.4, -0.2) is 29.8 Å². The van der Waals surface area contributed by atoms with Gasteiger partial charge in [0.25, 0.3) is 5.56 Å². The average molecular weight is 224 g/mol. The molecule has 1 fully saturated rings. The SMILES string of the molecule is CC(C)c1cc(=O)[nH]c(C2COCCO2)n1. The molecule has 88 valence electrons. The maximum Gasteiger partial charge on any atom is 0.251 e. The molecule has 1 aliphatic rings. The molecule has 0 aliphatic carbocycles. The largest absolute Gasteiger partial charge is 0.376 e. The number of ether oxygens (including phenoxy) is 2. The molecule has 1 aromatic heterocycles. The molecular weight excluding hydrogens is 208 g/mol. The lowest BCUT2D eigenvalue weighted by Gasteiger charge is -2.22. The van der Waals surface area contributed by atoms with E-state index in [1.807, 2.05) is 13.8 Å². The fourth-order valence-corrected chi connectivity index (χ4v) is 1.59. The van der Waals surface area contributed by atoms with E-state index in [1.54, 1.807) is 0 Å². The molecule has 1 saturated heterocycles. The van der Waals surface area contributed by atoms with Gasteiger partial charge in [-0.25, -0.2) is 4.98 Å². The maximum absolute atomic E-state index is 11.5. The van der Waals surface area contributed by atoms with Crippen LogP contribution in [0.15, 0.2) is 10.9 Å². The van der Waals surface area contributed by atoms with Crippen LogP contribution in [0.3, 0.4) is 0 Å². The Labute approximate surface area is 93.8 Å². The minimum absolute atomic E-state index is 0.136. The molecule has 0 aromatic carbocycles. The second-order valence-corrected chi connectivity index (χ2v) is 4.14. The first-order chi connectivity index (χ1) is 7.66. The van der Waals surface area contributed by atoms with Gasteiger partial charge in [0, 0.05) is 6.07 Å². The van der Waals surface area contributed by atoms with E-state index in [1.165, 1.54) is 6.07 Å². The summed E-state index contributed by atoms with van der Waals surface area (Å²) in [5.41, 5.74) is 0.649.